The Bertz CT molecular complexity index is 3250. The monoisotopic (exact) mass is 799 g/mol. The van der Waals surface area contributed by atoms with Gasteiger partial charge in [0.15, 0.2) is 0 Å². The Morgan fingerprint density at radius 1 is 0.426 bits per heavy atom. The number of hydrogen-bond donors (Lipinski definition) is 0. The predicted molar refractivity (Wildman–Crippen MR) is 245 cm³/mol. The van der Waals surface area contributed by atoms with Crippen LogP contribution in [0.1, 0.15) is 38.9 Å². The van der Waals surface area contributed by atoms with Gasteiger partial charge in [0.2, 0.25) is 0 Å². The molecule has 2 aromatic heterocycles. The van der Waals surface area contributed by atoms with Crippen LogP contribution in [0, 0.1) is 45.9 Å². The molecule has 0 spiro atoms. The van der Waals surface area contributed by atoms with E-state index in [1.54, 1.807) is 25.1 Å². The number of rotatable bonds is 5. The Morgan fingerprint density at radius 2 is 0.869 bits per heavy atom. The molecular formula is C55H40F3N3. The summed E-state index contributed by atoms with van der Waals surface area (Å²) in [5.74, 6) is 0. The highest BCUT2D eigenvalue weighted by molar-refractivity contribution is 6.12. The third kappa shape index (κ3) is 6.28. The van der Waals surface area contributed by atoms with Crippen LogP contribution in [0.2, 0.25) is 0 Å². The lowest BCUT2D eigenvalue weighted by molar-refractivity contribution is -0.137. The molecule has 8 aromatic carbocycles. The summed E-state index contributed by atoms with van der Waals surface area (Å²) in [5.41, 5.74) is 13.9. The second-order valence-electron chi connectivity index (χ2n) is 16.4. The second kappa shape index (κ2) is 14.1. The summed E-state index contributed by atoms with van der Waals surface area (Å²) in [6.45, 7) is 10.1. The van der Waals surface area contributed by atoms with E-state index in [0.717, 1.165) is 71.9 Å². The van der Waals surface area contributed by atoms with Gasteiger partial charge in [-0.25, -0.2) is 0 Å². The van der Waals surface area contributed by atoms with Crippen molar-refractivity contribution in [2.45, 2.75) is 40.8 Å². The smallest absolute Gasteiger partial charge is 0.308 e. The van der Waals surface area contributed by atoms with Gasteiger partial charge in [-0.3, -0.25) is 0 Å². The van der Waals surface area contributed by atoms with Crippen molar-refractivity contribution in [3.8, 4) is 50.8 Å². The van der Waals surface area contributed by atoms with Crippen LogP contribution in [-0.2, 0) is 6.18 Å². The molecule has 0 bridgehead atoms. The molecule has 0 amide bonds. The van der Waals surface area contributed by atoms with E-state index in [1.807, 2.05) is 36.4 Å². The van der Waals surface area contributed by atoms with Crippen LogP contribution in [0.15, 0.2) is 152 Å². The molecule has 0 fully saturated rings. The number of fused-ring (bicyclic) bond motifs is 6. The van der Waals surface area contributed by atoms with Crippen LogP contribution >= 0.6 is 0 Å². The van der Waals surface area contributed by atoms with Crippen LogP contribution in [-0.4, -0.2) is 9.13 Å². The fraction of sp³-hybridized carbons (Fsp3) is 0.109. The standard InChI is InChI=1S/C55H40F3N3/c1-32-21-33(2)24-39(23-32)37-17-19-50-44(27-37)42-12-6-8-15-48(42)60(50)52-29-41(54-36(5)11-10-14-47(54)55(56,57)58)30-53(46(52)31-59)61-49-16-9-7-13-43(49)45-28-38(18-20-51(45)61)40-25-34(3)22-35(4)26-40/h6-30H,1-5H3. The molecule has 0 unspecified atom stereocenters. The minimum absolute atomic E-state index is 0.0812. The first kappa shape index (κ1) is 37.9. The fourth-order valence-corrected chi connectivity index (χ4v) is 9.62. The third-order valence-electron chi connectivity index (χ3n) is 12.0. The van der Waals surface area contributed by atoms with E-state index in [1.165, 1.54) is 28.3 Å². The minimum atomic E-state index is -4.62. The molecule has 2 heterocycles. The van der Waals surface area contributed by atoms with Gasteiger partial charge in [0.05, 0.1) is 39.0 Å². The molecule has 0 aliphatic rings. The number of alkyl halides is 3. The molecule has 61 heavy (non-hydrogen) atoms. The van der Waals surface area contributed by atoms with E-state index in [-0.39, 0.29) is 5.56 Å². The number of benzene rings is 8. The molecular weight excluding hydrogens is 760 g/mol. The lowest BCUT2D eigenvalue weighted by Gasteiger charge is -2.21. The van der Waals surface area contributed by atoms with Crippen molar-refractivity contribution in [3.05, 3.63) is 191 Å². The Hall–Kier alpha value is -7.36. The first-order valence-corrected chi connectivity index (χ1v) is 20.4. The highest BCUT2D eigenvalue weighted by Gasteiger charge is 2.35. The number of nitrogens with zero attached hydrogens (tertiary/aromatic N) is 3. The zero-order chi connectivity index (χ0) is 42.3. The summed E-state index contributed by atoms with van der Waals surface area (Å²) in [5, 5.41) is 15.3. The average Bonchev–Trinajstić information content (AvgIpc) is 3.74. The van der Waals surface area contributed by atoms with Crippen LogP contribution in [0.5, 0.6) is 0 Å². The van der Waals surface area contributed by atoms with Gasteiger partial charge in [-0.2, -0.15) is 18.4 Å². The molecule has 0 atom stereocenters. The summed E-state index contributed by atoms with van der Waals surface area (Å²) >= 11 is 0. The molecule has 0 saturated carbocycles. The highest BCUT2D eigenvalue weighted by Crippen LogP contribution is 2.45. The van der Waals surface area contributed by atoms with Crippen LogP contribution in [0.3, 0.4) is 0 Å². The summed E-state index contributed by atoms with van der Waals surface area (Å²) in [6, 6.07) is 52.2. The van der Waals surface area contributed by atoms with Crippen molar-refractivity contribution >= 4 is 43.6 Å². The number of halogens is 3. The van der Waals surface area contributed by atoms with Crippen molar-refractivity contribution in [3.63, 3.8) is 0 Å². The van der Waals surface area contributed by atoms with E-state index in [0.29, 0.717) is 28.1 Å². The Labute approximate surface area is 352 Å². The molecule has 6 heteroatoms. The van der Waals surface area contributed by atoms with Gasteiger partial charge >= 0.3 is 6.18 Å². The average molecular weight is 800 g/mol. The summed E-state index contributed by atoms with van der Waals surface area (Å²) in [4.78, 5) is 0. The molecule has 10 rings (SSSR count). The molecule has 0 saturated heterocycles. The van der Waals surface area contributed by atoms with E-state index in [9.17, 15) is 5.26 Å². The van der Waals surface area contributed by atoms with E-state index in [4.69, 9.17) is 0 Å². The largest absolute Gasteiger partial charge is 0.417 e. The van der Waals surface area contributed by atoms with Gasteiger partial charge in [-0.15, -0.1) is 0 Å². The maximum atomic E-state index is 15.0. The number of nitriles is 1. The van der Waals surface area contributed by atoms with Crippen molar-refractivity contribution < 1.29 is 13.2 Å². The molecule has 0 aliphatic carbocycles. The summed E-state index contributed by atoms with van der Waals surface area (Å²) in [6.07, 6.45) is -4.62. The summed E-state index contributed by atoms with van der Waals surface area (Å²) in [7, 11) is 0. The second-order valence-corrected chi connectivity index (χ2v) is 16.4. The molecule has 296 valence electrons. The molecule has 3 nitrogen and oxygen atoms in total. The molecule has 0 radical (unpaired) electrons. The van der Waals surface area contributed by atoms with E-state index >= 15 is 13.2 Å². The van der Waals surface area contributed by atoms with Gasteiger partial charge in [0.1, 0.15) is 11.6 Å². The van der Waals surface area contributed by atoms with Gasteiger partial charge in [-0.05, 0) is 128 Å². The predicted octanol–water partition coefficient (Wildman–Crippen LogP) is 15.3. The summed E-state index contributed by atoms with van der Waals surface area (Å²) < 4.78 is 49.2. The van der Waals surface area contributed by atoms with E-state index in [2.05, 4.69) is 128 Å². The maximum Gasteiger partial charge on any atom is 0.417 e. The van der Waals surface area contributed by atoms with Gasteiger partial charge in [0.25, 0.3) is 0 Å². The highest BCUT2D eigenvalue weighted by atomic mass is 19.4. The lowest BCUT2D eigenvalue weighted by Crippen LogP contribution is -2.10. The normalized spacial score (nSPS) is 11.9. The Balaban J connectivity index is 1.32. The van der Waals surface area contributed by atoms with Crippen LogP contribution in [0.25, 0.3) is 88.4 Å². The van der Waals surface area contributed by atoms with Crippen molar-refractivity contribution in [2.75, 3.05) is 0 Å². The molecule has 0 N–H and O–H groups in total. The first-order chi connectivity index (χ1) is 29.4. The van der Waals surface area contributed by atoms with E-state index < -0.39 is 11.7 Å². The quantitative estimate of drug-likeness (QED) is 0.171. The van der Waals surface area contributed by atoms with Crippen LogP contribution < -0.4 is 0 Å². The number of aromatic nitrogens is 2. The zero-order valence-electron chi connectivity index (χ0n) is 34.4. The number of para-hydroxylation sites is 2. The van der Waals surface area contributed by atoms with Crippen molar-refractivity contribution in [1.29, 1.82) is 5.26 Å². The maximum absolute atomic E-state index is 15.0. The third-order valence-corrected chi connectivity index (χ3v) is 12.0. The minimum Gasteiger partial charge on any atom is -0.308 e. The van der Waals surface area contributed by atoms with Crippen LogP contribution in [0.4, 0.5) is 13.2 Å². The van der Waals surface area contributed by atoms with Gasteiger partial charge in [0, 0.05) is 21.5 Å². The SMILES string of the molecule is Cc1cc(C)cc(-c2ccc3c(c2)c2ccccc2n3-c2cc(-c3c(C)cccc3C(F)(F)F)cc(-n3c4ccccc4c4cc(-c5cc(C)cc(C)c5)ccc43)c2C#N)c1. The molecule has 10 aromatic rings. The van der Waals surface area contributed by atoms with Crippen molar-refractivity contribution in [2.24, 2.45) is 0 Å². The lowest BCUT2D eigenvalue weighted by atomic mass is 9.92. The fourth-order valence-electron chi connectivity index (χ4n) is 9.62. The topological polar surface area (TPSA) is 33.6 Å². The Kier molecular flexibility index (Phi) is 8.78. The van der Waals surface area contributed by atoms with Gasteiger partial charge in [-0.1, -0.05) is 119 Å². The Morgan fingerprint density at radius 3 is 1.31 bits per heavy atom. The zero-order valence-corrected chi connectivity index (χ0v) is 34.4. The van der Waals surface area contributed by atoms with Gasteiger partial charge < -0.3 is 9.13 Å². The number of aryl methyl sites for hydroxylation is 5. The number of hydrogen-bond acceptors (Lipinski definition) is 1. The molecule has 0 aliphatic heterocycles. The first-order valence-electron chi connectivity index (χ1n) is 20.4. The van der Waals surface area contributed by atoms with Crippen molar-refractivity contribution in [1.82, 2.24) is 9.13 Å².